The Bertz CT molecular complexity index is 417. The number of hydrogen-bond donors (Lipinski definition) is 0. The predicted molar refractivity (Wildman–Crippen MR) is 64.1 cm³/mol. The molecule has 0 N–H and O–H groups in total. The summed E-state index contributed by atoms with van der Waals surface area (Å²) < 4.78 is 5.13. The Labute approximate surface area is 91.3 Å². The summed E-state index contributed by atoms with van der Waals surface area (Å²) in [5.74, 6) is 0. The minimum atomic E-state index is 0.886. The lowest BCUT2D eigenvalue weighted by Gasteiger charge is -1.96. The fourth-order valence-corrected chi connectivity index (χ4v) is 1.55. The maximum Gasteiger partial charge on any atom is 0.167 e. The quantitative estimate of drug-likeness (QED) is 0.737. The van der Waals surface area contributed by atoms with Gasteiger partial charge >= 0.3 is 0 Å². The molecular weight excluding hydrogens is 186 g/mol. The zero-order chi connectivity index (χ0) is 11.3. The van der Waals surface area contributed by atoms with Gasteiger partial charge in [0.25, 0.3) is 0 Å². The molecule has 15 heavy (non-hydrogen) atoms. The molecular formula is C13H19NO. The molecule has 0 radical (unpaired) electrons. The first-order valence-electron chi connectivity index (χ1n) is 5.66. The number of benzene rings is 1. The average Bonchev–Trinajstić information content (AvgIpc) is 2.64. The Morgan fingerprint density at radius 3 is 2.67 bits per heavy atom. The van der Waals surface area contributed by atoms with Crippen LogP contribution in [0.2, 0.25) is 0 Å². The van der Waals surface area contributed by atoms with Crippen LogP contribution in [0, 0.1) is 6.92 Å². The molecule has 1 aromatic heterocycles. The van der Waals surface area contributed by atoms with Crippen LogP contribution in [0.1, 0.15) is 38.4 Å². The number of nitrogens with zero attached hydrogens (tertiary/aromatic N) is 1. The van der Waals surface area contributed by atoms with Gasteiger partial charge in [-0.1, -0.05) is 38.4 Å². The van der Waals surface area contributed by atoms with Crippen molar-refractivity contribution >= 4 is 11.0 Å². The highest BCUT2D eigenvalue weighted by Crippen LogP contribution is 2.19. The molecule has 2 aromatic rings. The van der Waals surface area contributed by atoms with Crippen molar-refractivity contribution < 1.29 is 4.52 Å². The number of aromatic nitrogens is 1. The molecule has 2 rings (SSSR count). The zero-order valence-corrected chi connectivity index (χ0v) is 10.0. The maximum atomic E-state index is 5.13. The molecule has 0 fully saturated rings. The van der Waals surface area contributed by atoms with Crippen molar-refractivity contribution in [1.29, 1.82) is 0 Å². The van der Waals surface area contributed by atoms with Gasteiger partial charge in [0.05, 0.1) is 5.69 Å². The molecule has 0 saturated heterocycles. The summed E-state index contributed by atoms with van der Waals surface area (Å²) in [5.41, 5.74) is 3.23. The van der Waals surface area contributed by atoms with E-state index < -0.39 is 0 Å². The highest BCUT2D eigenvalue weighted by atomic mass is 16.5. The molecule has 2 heteroatoms. The highest BCUT2D eigenvalue weighted by molar-refractivity contribution is 5.79. The molecule has 1 heterocycles. The Balaban J connectivity index is 0.000000531. The SMILES string of the molecule is CC.CCCc1ccc2onc(C)c2c1. The maximum absolute atomic E-state index is 5.13. The van der Waals surface area contributed by atoms with Crippen LogP contribution in [0.25, 0.3) is 11.0 Å². The van der Waals surface area contributed by atoms with Crippen molar-refractivity contribution in [2.45, 2.75) is 40.5 Å². The Hall–Kier alpha value is -1.31. The molecule has 0 spiro atoms. The lowest BCUT2D eigenvalue weighted by atomic mass is 10.1. The van der Waals surface area contributed by atoms with Crippen LogP contribution in [0.15, 0.2) is 22.7 Å². The van der Waals surface area contributed by atoms with Crippen molar-refractivity contribution in [3.05, 3.63) is 29.5 Å². The van der Waals surface area contributed by atoms with Gasteiger partial charge in [-0.15, -0.1) is 0 Å². The molecule has 0 atom stereocenters. The summed E-state index contributed by atoms with van der Waals surface area (Å²) in [6.45, 7) is 8.16. The standard InChI is InChI=1S/C11H13NO.C2H6/c1-3-4-9-5-6-11-10(7-9)8(2)12-13-11;1-2/h5-7H,3-4H2,1-2H3;1-2H3. The van der Waals surface area contributed by atoms with Crippen LogP contribution in [0.5, 0.6) is 0 Å². The molecule has 0 bridgehead atoms. The predicted octanol–water partition coefficient (Wildman–Crippen LogP) is 4.11. The third kappa shape index (κ3) is 2.58. The second-order valence-corrected chi connectivity index (χ2v) is 3.35. The molecule has 2 nitrogen and oxygen atoms in total. The fraction of sp³-hybridized carbons (Fsp3) is 0.462. The Morgan fingerprint density at radius 2 is 2.00 bits per heavy atom. The van der Waals surface area contributed by atoms with E-state index in [1.54, 1.807) is 0 Å². The molecule has 0 aliphatic rings. The smallest absolute Gasteiger partial charge is 0.167 e. The first-order chi connectivity index (χ1) is 7.31. The first kappa shape index (κ1) is 11.8. The van der Waals surface area contributed by atoms with Gasteiger partial charge in [-0.05, 0) is 31.0 Å². The van der Waals surface area contributed by atoms with Gasteiger partial charge in [-0.2, -0.15) is 0 Å². The van der Waals surface area contributed by atoms with Gasteiger partial charge in [0.15, 0.2) is 5.58 Å². The molecule has 0 aliphatic carbocycles. The number of fused-ring (bicyclic) bond motifs is 1. The van der Waals surface area contributed by atoms with Crippen LogP contribution in [0.4, 0.5) is 0 Å². The third-order valence-corrected chi connectivity index (χ3v) is 2.25. The minimum absolute atomic E-state index is 0.886. The second-order valence-electron chi connectivity index (χ2n) is 3.35. The normalized spacial score (nSPS) is 9.87. The van der Waals surface area contributed by atoms with Crippen molar-refractivity contribution in [3.8, 4) is 0 Å². The van der Waals surface area contributed by atoms with E-state index in [4.69, 9.17) is 4.52 Å². The van der Waals surface area contributed by atoms with Crippen molar-refractivity contribution in [2.75, 3.05) is 0 Å². The molecule has 0 unspecified atom stereocenters. The minimum Gasteiger partial charge on any atom is -0.356 e. The summed E-state index contributed by atoms with van der Waals surface area (Å²) in [7, 11) is 0. The van der Waals surface area contributed by atoms with Gasteiger partial charge in [0.2, 0.25) is 0 Å². The van der Waals surface area contributed by atoms with Crippen LogP contribution >= 0.6 is 0 Å². The van der Waals surface area contributed by atoms with E-state index in [-0.39, 0.29) is 0 Å². The number of hydrogen-bond acceptors (Lipinski definition) is 2. The summed E-state index contributed by atoms with van der Waals surface area (Å²) in [5, 5.41) is 5.07. The van der Waals surface area contributed by atoms with Crippen molar-refractivity contribution in [3.63, 3.8) is 0 Å². The summed E-state index contributed by atoms with van der Waals surface area (Å²) in [6, 6.07) is 6.28. The van der Waals surface area contributed by atoms with Crippen LogP contribution in [-0.2, 0) is 6.42 Å². The lowest BCUT2D eigenvalue weighted by Crippen LogP contribution is -1.81. The molecule has 82 valence electrons. The summed E-state index contributed by atoms with van der Waals surface area (Å²) in [6.07, 6.45) is 2.30. The van der Waals surface area contributed by atoms with Crippen LogP contribution in [0.3, 0.4) is 0 Å². The fourth-order valence-electron chi connectivity index (χ4n) is 1.55. The van der Waals surface area contributed by atoms with Crippen LogP contribution in [-0.4, -0.2) is 5.16 Å². The van der Waals surface area contributed by atoms with E-state index in [0.29, 0.717) is 0 Å². The van der Waals surface area contributed by atoms with Crippen LogP contribution < -0.4 is 0 Å². The average molecular weight is 205 g/mol. The van der Waals surface area contributed by atoms with Gasteiger partial charge in [0.1, 0.15) is 0 Å². The van der Waals surface area contributed by atoms with E-state index in [9.17, 15) is 0 Å². The lowest BCUT2D eigenvalue weighted by molar-refractivity contribution is 0.450. The van der Waals surface area contributed by atoms with Crippen molar-refractivity contribution in [2.24, 2.45) is 0 Å². The van der Waals surface area contributed by atoms with Crippen molar-refractivity contribution in [1.82, 2.24) is 5.16 Å². The topological polar surface area (TPSA) is 26.0 Å². The summed E-state index contributed by atoms with van der Waals surface area (Å²) >= 11 is 0. The van der Waals surface area contributed by atoms with Gasteiger partial charge in [-0.3, -0.25) is 0 Å². The van der Waals surface area contributed by atoms with Gasteiger partial charge < -0.3 is 4.52 Å². The second kappa shape index (κ2) is 5.54. The number of rotatable bonds is 2. The highest BCUT2D eigenvalue weighted by Gasteiger charge is 2.03. The Morgan fingerprint density at radius 1 is 1.27 bits per heavy atom. The van der Waals surface area contributed by atoms with E-state index in [0.717, 1.165) is 23.1 Å². The first-order valence-corrected chi connectivity index (χ1v) is 5.66. The summed E-state index contributed by atoms with van der Waals surface area (Å²) in [4.78, 5) is 0. The van der Waals surface area contributed by atoms with E-state index >= 15 is 0 Å². The molecule has 0 aliphatic heterocycles. The Kier molecular flexibility index (Phi) is 4.35. The van der Waals surface area contributed by atoms with E-state index in [1.807, 2.05) is 26.8 Å². The third-order valence-electron chi connectivity index (χ3n) is 2.25. The zero-order valence-electron chi connectivity index (χ0n) is 10.0. The largest absolute Gasteiger partial charge is 0.356 e. The molecule has 1 aromatic carbocycles. The van der Waals surface area contributed by atoms with Gasteiger partial charge in [0, 0.05) is 5.39 Å². The van der Waals surface area contributed by atoms with E-state index in [2.05, 4.69) is 24.2 Å². The number of aryl methyl sites for hydroxylation is 2. The van der Waals surface area contributed by atoms with Gasteiger partial charge in [-0.25, -0.2) is 0 Å². The van der Waals surface area contributed by atoms with E-state index in [1.165, 1.54) is 12.0 Å². The monoisotopic (exact) mass is 205 g/mol. The molecule has 0 amide bonds. The molecule has 0 saturated carbocycles.